The van der Waals surface area contributed by atoms with Crippen molar-refractivity contribution in [3.63, 3.8) is 0 Å². The first kappa shape index (κ1) is 12.9. The molecule has 0 fully saturated rings. The molecule has 0 spiro atoms. The molecule has 0 bridgehead atoms. The molecule has 0 radical (unpaired) electrons. The van der Waals surface area contributed by atoms with Crippen LogP contribution in [0.2, 0.25) is 0 Å². The van der Waals surface area contributed by atoms with Crippen molar-refractivity contribution in [1.29, 1.82) is 0 Å². The fraction of sp³-hybridized carbons (Fsp3) is 0.375. The number of likely N-dealkylation sites (N-methyl/N-ethyl adjacent to an activating group) is 1. The van der Waals surface area contributed by atoms with Crippen molar-refractivity contribution in [2.75, 3.05) is 6.54 Å². The van der Waals surface area contributed by atoms with Crippen molar-refractivity contribution >= 4 is 0 Å². The minimum absolute atomic E-state index is 0.334. The molecule has 0 aliphatic rings. The second-order valence-electron chi connectivity index (χ2n) is 4.54. The maximum absolute atomic E-state index is 5.18. The van der Waals surface area contributed by atoms with Gasteiger partial charge >= 0.3 is 0 Å². The Morgan fingerprint density at radius 3 is 2.33 bits per heavy atom. The van der Waals surface area contributed by atoms with Gasteiger partial charge in [-0.05, 0) is 36.6 Å². The highest BCUT2D eigenvalue weighted by molar-refractivity contribution is 5.25. The fourth-order valence-corrected chi connectivity index (χ4v) is 2.17. The summed E-state index contributed by atoms with van der Waals surface area (Å²) in [4.78, 5) is 0. The summed E-state index contributed by atoms with van der Waals surface area (Å²) >= 11 is 0. The van der Waals surface area contributed by atoms with E-state index in [1.165, 1.54) is 16.7 Å². The normalized spacial score (nSPS) is 12.6. The smallest absolute Gasteiger partial charge is 0.0950 e. The number of hydrogen-bond donors (Lipinski definition) is 1. The summed E-state index contributed by atoms with van der Waals surface area (Å²) < 4.78 is 5.18. The van der Waals surface area contributed by atoms with Crippen molar-refractivity contribution in [1.82, 2.24) is 5.32 Å². The minimum Gasteiger partial charge on any atom is -0.472 e. The predicted octanol–water partition coefficient (Wildman–Crippen LogP) is 3.74. The lowest BCUT2D eigenvalue weighted by Crippen LogP contribution is -2.22. The molecule has 1 atom stereocenters. The number of rotatable bonds is 6. The van der Waals surface area contributed by atoms with Gasteiger partial charge in [0.05, 0.1) is 12.5 Å². The monoisotopic (exact) mass is 243 g/mol. The van der Waals surface area contributed by atoms with Crippen LogP contribution in [0.3, 0.4) is 0 Å². The van der Waals surface area contributed by atoms with Crippen LogP contribution in [-0.2, 0) is 12.8 Å². The SMILES string of the molecule is CCNC(Cc1ccc(CC)cc1)c1ccoc1. The van der Waals surface area contributed by atoms with E-state index in [9.17, 15) is 0 Å². The summed E-state index contributed by atoms with van der Waals surface area (Å²) in [5.74, 6) is 0. The molecule has 96 valence electrons. The Kier molecular flexibility index (Phi) is 4.59. The van der Waals surface area contributed by atoms with Crippen LogP contribution in [0.5, 0.6) is 0 Å². The third kappa shape index (κ3) is 3.23. The average molecular weight is 243 g/mol. The Morgan fingerprint density at radius 2 is 1.78 bits per heavy atom. The molecule has 18 heavy (non-hydrogen) atoms. The van der Waals surface area contributed by atoms with E-state index in [1.54, 1.807) is 6.26 Å². The standard InChI is InChI=1S/C16H21NO/c1-3-13-5-7-14(8-6-13)11-16(17-4-2)15-9-10-18-12-15/h5-10,12,16-17H,3-4,11H2,1-2H3. The van der Waals surface area contributed by atoms with Crippen LogP contribution < -0.4 is 5.32 Å². The maximum Gasteiger partial charge on any atom is 0.0950 e. The Morgan fingerprint density at radius 1 is 1.06 bits per heavy atom. The van der Waals surface area contributed by atoms with E-state index in [1.807, 2.05) is 12.3 Å². The third-order valence-corrected chi connectivity index (χ3v) is 3.27. The summed E-state index contributed by atoms with van der Waals surface area (Å²) in [5, 5.41) is 3.50. The zero-order valence-electron chi connectivity index (χ0n) is 11.1. The Bertz CT molecular complexity index is 444. The molecule has 2 heteroatoms. The van der Waals surface area contributed by atoms with Gasteiger partial charge < -0.3 is 9.73 Å². The number of nitrogens with one attached hydrogen (secondary N) is 1. The average Bonchev–Trinajstić information content (AvgIpc) is 2.93. The molecule has 2 rings (SSSR count). The highest BCUT2D eigenvalue weighted by atomic mass is 16.3. The molecule has 2 nitrogen and oxygen atoms in total. The first-order valence-electron chi connectivity index (χ1n) is 6.66. The van der Waals surface area contributed by atoms with Crippen LogP contribution in [0.4, 0.5) is 0 Å². The number of aryl methyl sites for hydroxylation is 1. The van der Waals surface area contributed by atoms with Crippen LogP contribution in [0, 0.1) is 0 Å². The molecule has 1 heterocycles. The molecule has 0 saturated heterocycles. The molecule has 1 N–H and O–H groups in total. The van der Waals surface area contributed by atoms with Gasteiger partial charge in [0.2, 0.25) is 0 Å². The van der Waals surface area contributed by atoms with Gasteiger partial charge in [0.1, 0.15) is 0 Å². The molecular weight excluding hydrogens is 222 g/mol. The van der Waals surface area contributed by atoms with Crippen molar-refractivity contribution in [2.45, 2.75) is 32.7 Å². The van der Waals surface area contributed by atoms with Crippen molar-refractivity contribution in [2.24, 2.45) is 0 Å². The van der Waals surface area contributed by atoms with E-state index in [0.717, 1.165) is 19.4 Å². The van der Waals surface area contributed by atoms with E-state index in [0.29, 0.717) is 6.04 Å². The van der Waals surface area contributed by atoms with Gasteiger partial charge in [0.15, 0.2) is 0 Å². The lowest BCUT2D eigenvalue weighted by atomic mass is 10.00. The minimum atomic E-state index is 0.334. The summed E-state index contributed by atoms with van der Waals surface area (Å²) in [6, 6.07) is 11.3. The van der Waals surface area contributed by atoms with E-state index in [-0.39, 0.29) is 0 Å². The highest BCUT2D eigenvalue weighted by Gasteiger charge is 2.12. The van der Waals surface area contributed by atoms with Gasteiger partial charge in [-0.1, -0.05) is 38.1 Å². The van der Waals surface area contributed by atoms with Crippen LogP contribution in [0.25, 0.3) is 0 Å². The number of hydrogen-bond acceptors (Lipinski definition) is 2. The van der Waals surface area contributed by atoms with Gasteiger partial charge in [-0.3, -0.25) is 0 Å². The Labute approximate surface area is 109 Å². The Balaban J connectivity index is 2.08. The second-order valence-corrected chi connectivity index (χ2v) is 4.54. The second kappa shape index (κ2) is 6.41. The van der Waals surface area contributed by atoms with Gasteiger partial charge in [-0.15, -0.1) is 0 Å². The Hall–Kier alpha value is -1.54. The molecule has 0 saturated carbocycles. The zero-order chi connectivity index (χ0) is 12.8. The van der Waals surface area contributed by atoms with E-state index < -0.39 is 0 Å². The topological polar surface area (TPSA) is 25.2 Å². The van der Waals surface area contributed by atoms with E-state index in [4.69, 9.17) is 4.42 Å². The third-order valence-electron chi connectivity index (χ3n) is 3.27. The zero-order valence-corrected chi connectivity index (χ0v) is 11.1. The number of benzene rings is 1. The van der Waals surface area contributed by atoms with Crippen molar-refractivity contribution in [3.8, 4) is 0 Å². The van der Waals surface area contributed by atoms with Crippen molar-refractivity contribution in [3.05, 3.63) is 59.5 Å². The molecule has 1 unspecified atom stereocenters. The number of furan rings is 1. The summed E-state index contributed by atoms with van der Waals surface area (Å²) in [5.41, 5.74) is 3.97. The quantitative estimate of drug-likeness (QED) is 0.836. The van der Waals surface area contributed by atoms with Crippen molar-refractivity contribution < 1.29 is 4.42 Å². The van der Waals surface area contributed by atoms with E-state index >= 15 is 0 Å². The maximum atomic E-state index is 5.18. The predicted molar refractivity (Wildman–Crippen MR) is 74.6 cm³/mol. The molecule has 0 aliphatic carbocycles. The summed E-state index contributed by atoms with van der Waals surface area (Å²) in [7, 11) is 0. The van der Waals surface area contributed by atoms with Gasteiger partial charge in [-0.2, -0.15) is 0 Å². The van der Waals surface area contributed by atoms with Gasteiger partial charge in [0, 0.05) is 11.6 Å². The van der Waals surface area contributed by atoms with Crippen LogP contribution in [0.1, 0.15) is 36.6 Å². The highest BCUT2D eigenvalue weighted by Crippen LogP contribution is 2.19. The molecule has 0 amide bonds. The first-order valence-corrected chi connectivity index (χ1v) is 6.66. The summed E-state index contributed by atoms with van der Waals surface area (Å²) in [6.07, 6.45) is 5.66. The lowest BCUT2D eigenvalue weighted by molar-refractivity contribution is 0.525. The fourth-order valence-electron chi connectivity index (χ4n) is 2.17. The van der Waals surface area contributed by atoms with Gasteiger partial charge in [0.25, 0.3) is 0 Å². The van der Waals surface area contributed by atoms with Crippen LogP contribution in [-0.4, -0.2) is 6.54 Å². The van der Waals surface area contributed by atoms with Crippen LogP contribution in [0.15, 0.2) is 47.3 Å². The molecule has 0 aliphatic heterocycles. The van der Waals surface area contributed by atoms with E-state index in [2.05, 4.69) is 43.4 Å². The molecule has 1 aromatic heterocycles. The first-order chi connectivity index (χ1) is 8.83. The molecule has 1 aromatic carbocycles. The summed E-state index contributed by atoms with van der Waals surface area (Å²) in [6.45, 7) is 5.28. The molecule has 2 aromatic rings. The van der Waals surface area contributed by atoms with Gasteiger partial charge in [-0.25, -0.2) is 0 Å². The van der Waals surface area contributed by atoms with Crippen LogP contribution >= 0.6 is 0 Å². The molecular formula is C16H21NO. The lowest BCUT2D eigenvalue weighted by Gasteiger charge is -2.16. The largest absolute Gasteiger partial charge is 0.472 e.